The van der Waals surface area contributed by atoms with Gasteiger partial charge in [-0.1, -0.05) is 23.4 Å². The van der Waals surface area contributed by atoms with Gasteiger partial charge in [0, 0.05) is 11.5 Å². The lowest BCUT2D eigenvalue weighted by atomic mass is 10.2. The largest absolute Gasteiger partial charge is 0.459 e. The highest BCUT2D eigenvalue weighted by Crippen LogP contribution is 2.23. The Balaban J connectivity index is 1.47. The first-order chi connectivity index (χ1) is 12.9. The van der Waals surface area contributed by atoms with Crippen molar-refractivity contribution in [1.29, 1.82) is 0 Å². The molecule has 142 valence electrons. The number of furan rings is 1. The van der Waals surface area contributed by atoms with E-state index in [-0.39, 0.29) is 23.6 Å². The van der Waals surface area contributed by atoms with Crippen LogP contribution in [0.5, 0.6) is 0 Å². The average molecular weight is 387 g/mol. The van der Waals surface area contributed by atoms with Crippen molar-refractivity contribution >= 4 is 40.4 Å². The van der Waals surface area contributed by atoms with E-state index in [9.17, 15) is 9.59 Å². The highest BCUT2D eigenvalue weighted by atomic mass is 32.2. The van der Waals surface area contributed by atoms with Crippen molar-refractivity contribution in [2.75, 3.05) is 11.1 Å². The molecule has 2 atom stereocenters. The molecule has 0 bridgehead atoms. The second-order valence-electron chi connectivity index (χ2n) is 6.24. The summed E-state index contributed by atoms with van der Waals surface area (Å²) < 4.78 is 10.7. The quantitative estimate of drug-likeness (QED) is 0.642. The minimum absolute atomic E-state index is 0.162. The van der Waals surface area contributed by atoms with Crippen LogP contribution in [-0.4, -0.2) is 28.0 Å². The molecule has 27 heavy (non-hydrogen) atoms. The third-order valence-electron chi connectivity index (χ3n) is 3.96. The van der Waals surface area contributed by atoms with Crippen LogP contribution in [0.25, 0.3) is 11.0 Å². The maximum Gasteiger partial charge on any atom is 0.238 e. The molecule has 2 heterocycles. The lowest BCUT2D eigenvalue weighted by Gasteiger charge is -2.13. The molecule has 0 radical (unpaired) electrons. The van der Waals surface area contributed by atoms with Gasteiger partial charge in [0.1, 0.15) is 17.1 Å². The summed E-state index contributed by atoms with van der Waals surface area (Å²) in [6.07, 6.45) is 0. The van der Waals surface area contributed by atoms with Gasteiger partial charge in [0.15, 0.2) is 5.82 Å². The monoisotopic (exact) mass is 387 g/mol. The Labute approximate surface area is 160 Å². The maximum absolute atomic E-state index is 12.2. The van der Waals surface area contributed by atoms with Gasteiger partial charge in [0.2, 0.25) is 11.8 Å². The highest BCUT2D eigenvalue weighted by molar-refractivity contribution is 8.01. The van der Waals surface area contributed by atoms with Crippen molar-refractivity contribution in [3.05, 3.63) is 47.9 Å². The molecule has 3 aromatic rings. The van der Waals surface area contributed by atoms with Crippen LogP contribution in [0.15, 0.2) is 45.3 Å². The number of aromatic nitrogens is 1. The zero-order chi connectivity index (χ0) is 19.4. The summed E-state index contributed by atoms with van der Waals surface area (Å²) in [7, 11) is 0. The van der Waals surface area contributed by atoms with Crippen molar-refractivity contribution in [1.82, 2.24) is 10.5 Å². The predicted octanol–water partition coefficient (Wildman–Crippen LogP) is 3.67. The Morgan fingerprint density at radius 1 is 1.22 bits per heavy atom. The average Bonchev–Trinajstić information content (AvgIpc) is 3.25. The van der Waals surface area contributed by atoms with Crippen molar-refractivity contribution < 1.29 is 18.5 Å². The zero-order valence-electron chi connectivity index (χ0n) is 15.3. The molecule has 2 N–H and O–H groups in total. The lowest BCUT2D eigenvalue weighted by molar-refractivity contribution is -0.119. The Morgan fingerprint density at radius 3 is 2.70 bits per heavy atom. The van der Waals surface area contributed by atoms with Crippen LogP contribution >= 0.6 is 11.8 Å². The number of thioether (sulfide) groups is 1. The van der Waals surface area contributed by atoms with E-state index in [2.05, 4.69) is 15.8 Å². The molecule has 0 saturated carbocycles. The van der Waals surface area contributed by atoms with Crippen LogP contribution in [-0.2, 0) is 9.59 Å². The first kappa shape index (κ1) is 19.0. The van der Waals surface area contributed by atoms with Gasteiger partial charge in [0.05, 0.1) is 17.0 Å². The van der Waals surface area contributed by atoms with Gasteiger partial charge in [-0.2, -0.15) is 0 Å². The summed E-state index contributed by atoms with van der Waals surface area (Å²) in [6.45, 7) is 5.35. The molecule has 0 saturated heterocycles. The number of benzene rings is 1. The number of fused-ring (bicyclic) bond motifs is 1. The van der Waals surface area contributed by atoms with E-state index in [0.717, 1.165) is 11.0 Å². The minimum Gasteiger partial charge on any atom is -0.459 e. The molecule has 0 aliphatic rings. The molecule has 0 spiro atoms. The Hall–Kier alpha value is -2.74. The molecule has 1 aromatic carbocycles. The van der Waals surface area contributed by atoms with Crippen molar-refractivity contribution in [3.63, 3.8) is 0 Å². The van der Waals surface area contributed by atoms with E-state index in [1.54, 1.807) is 19.9 Å². The van der Waals surface area contributed by atoms with Gasteiger partial charge < -0.3 is 19.6 Å². The van der Waals surface area contributed by atoms with Crippen LogP contribution in [0.2, 0.25) is 0 Å². The van der Waals surface area contributed by atoms with E-state index in [0.29, 0.717) is 17.3 Å². The Kier molecular flexibility index (Phi) is 5.85. The van der Waals surface area contributed by atoms with Gasteiger partial charge in [0.25, 0.3) is 0 Å². The standard InChI is InChI=1S/C19H21N3O4S/c1-11-8-17(22-26-11)21-19(24)13(3)27-10-18(23)20-12(2)16-9-14-6-4-5-7-15(14)25-16/h4-9,12-13H,10H2,1-3H3,(H,20,23)(H,21,22,24)/t12-,13-/m1/s1. The van der Waals surface area contributed by atoms with E-state index < -0.39 is 5.25 Å². The summed E-state index contributed by atoms with van der Waals surface area (Å²) in [4.78, 5) is 24.3. The molecular formula is C19H21N3O4S. The first-order valence-electron chi connectivity index (χ1n) is 8.56. The predicted molar refractivity (Wildman–Crippen MR) is 105 cm³/mol. The molecule has 2 aromatic heterocycles. The number of hydrogen-bond acceptors (Lipinski definition) is 6. The minimum atomic E-state index is -0.408. The third-order valence-corrected chi connectivity index (χ3v) is 5.10. The number of hydrogen-bond donors (Lipinski definition) is 2. The molecule has 0 aliphatic heterocycles. The van der Waals surface area contributed by atoms with Crippen LogP contribution in [0.4, 0.5) is 5.82 Å². The van der Waals surface area contributed by atoms with Crippen LogP contribution in [0, 0.1) is 6.92 Å². The number of amides is 2. The fourth-order valence-corrected chi connectivity index (χ4v) is 3.19. The summed E-state index contributed by atoms with van der Waals surface area (Å²) in [5, 5.41) is 9.86. The number of aryl methyl sites for hydroxylation is 1. The van der Waals surface area contributed by atoms with E-state index in [1.165, 1.54) is 11.8 Å². The number of nitrogens with zero attached hydrogens (tertiary/aromatic N) is 1. The second kappa shape index (κ2) is 8.30. The van der Waals surface area contributed by atoms with Crippen LogP contribution in [0.3, 0.4) is 0 Å². The van der Waals surface area contributed by atoms with Crippen molar-refractivity contribution in [2.45, 2.75) is 32.1 Å². The summed E-state index contributed by atoms with van der Waals surface area (Å²) in [5.74, 6) is 1.45. The first-order valence-corrected chi connectivity index (χ1v) is 9.61. The summed E-state index contributed by atoms with van der Waals surface area (Å²) in [5.41, 5.74) is 0.788. The SMILES string of the molecule is Cc1cc(NC(=O)[C@@H](C)SCC(=O)N[C@H](C)c2cc3ccccc3o2)no1. The van der Waals surface area contributed by atoms with Gasteiger partial charge >= 0.3 is 0 Å². The van der Waals surface area contributed by atoms with Gasteiger partial charge in [-0.25, -0.2) is 0 Å². The van der Waals surface area contributed by atoms with Crippen LogP contribution < -0.4 is 10.6 Å². The second-order valence-corrected chi connectivity index (χ2v) is 7.57. The molecule has 0 fully saturated rings. The number of nitrogens with one attached hydrogen (secondary N) is 2. The van der Waals surface area contributed by atoms with Crippen molar-refractivity contribution in [2.24, 2.45) is 0 Å². The number of carbonyl (C=O) groups is 2. The molecule has 8 heteroatoms. The summed E-state index contributed by atoms with van der Waals surface area (Å²) in [6, 6.07) is 11.0. The summed E-state index contributed by atoms with van der Waals surface area (Å²) >= 11 is 1.25. The number of carbonyl (C=O) groups excluding carboxylic acids is 2. The molecule has 0 aliphatic carbocycles. The molecule has 3 rings (SSSR count). The van der Waals surface area contributed by atoms with Gasteiger partial charge in [-0.15, -0.1) is 11.8 Å². The highest BCUT2D eigenvalue weighted by Gasteiger charge is 2.19. The maximum atomic E-state index is 12.2. The van der Waals surface area contributed by atoms with E-state index in [1.807, 2.05) is 37.3 Å². The fourth-order valence-electron chi connectivity index (χ4n) is 2.50. The molecule has 2 amide bonds. The number of para-hydroxylation sites is 1. The lowest BCUT2D eigenvalue weighted by Crippen LogP contribution is -2.30. The third kappa shape index (κ3) is 4.91. The normalized spacial score (nSPS) is 13.3. The molecule has 7 nitrogen and oxygen atoms in total. The van der Waals surface area contributed by atoms with Gasteiger partial charge in [-0.3, -0.25) is 9.59 Å². The number of rotatable bonds is 7. The topological polar surface area (TPSA) is 97.4 Å². The zero-order valence-corrected chi connectivity index (χ0v) is 16.1. The van der Waals surface area contributed by atoms with Crippen LogP contribution in [0.1, 0.15) is 31.4 Å². The Bertz CT molecular complexity index is 916. The molecular weight excluding hydrogens is 366 g/mol. The van der Waals surface area contributed by atoms with Gasteiger partial charge in [-0.05, 0) is 32.9 Å². The fraction of sp³-hybridized carbons (Fsp3) is 0.316. The van der Waals surface area contributed by atoms with E-state index in [4.69, 9.17) is 8.94 Å². The van der Waals surface area contributed by atoms with Crippen molar-refractivity contribution in [3.8, 4) is 0 Å². The number of anilines is 1. The molecule has 0 unspecified atom stereocenters. The van der Waals surface area contributed by atoms with E-state index >= 15 is 0 Å². The smallest absolute Gasteiger partial charge is 0.238 e. The Morgan fingerprint density at radius 2 is 2.00 bits per heavy atom.